The van der Waals surface area contributed by atoms with E-state index in [0.717, 1.165) is 11.6 Å². The molecular weight excluding hydrogens is 307 g/mol. The van der Waals surface area contributed by atoms with Crippen molar-refractivity contribution < 1.29 is 17.9 Å². The predicted octanol–water partition coefficient (Wildman–Crippen LogP) is 3.01. The highest BCUT2D eigenvalue weighted by Crippen LogP contribution is 2.36. The third-order valence-corrected chi connectivity index (χ3v) is 3.93. The average Bonchev–Trinajstić information content (AvgIpc) is 2.92. The second-order valence-corrected chi connectivity index (χ2v) is 5.70. The normalized spacial score (nSPS) is 19.9. The summed E-state index contributed by atoms with van der Waals surface area (Å²) in [5, 5.41) is 4.12. The molecule has 3 rings (SSSR count). The molecule has 0 radical (unpaired) electrons. The lowest BCUT2D eigenvalue weighted by Gasteiger charge is -2.33. The zero-order valence-electron chi connectivity index (χ0n) is 12.8. The van der Waals surface area contributed by atoms with Crippen molar-refractivity contribution in [3.05, 3.63) is 53.3 Å². The van der Waals surface area contributed by atoms with Gasteiger partial charge in [0.25, 0.3) is 0 Å². The minimum atomic E-state index is -4.37. The number of alkyl halides is 3. The van der Waals surface area contributed by atoms with Gasteiger partial charge in [0.05, 0.1) is 24.5 Å². The molecule has 2 aromatic rings. The first-order chi connectivity index (χ1) is 10.9. The molecule has 1 aliphatic heterocycles. The molecule has 23 heavy (non-hydrogen) atoms. The van der Waals surface area contributed by atoms with Gasteiger partial charge in [-0.25, -0.2) is 0 Å². The maximum atomic E-state index is 13.2. The third kappa shape index (κ3) is 3.73. The van der Waals surface area contributed by atoms with E-state index in [4.69, 9.17) is 4.74 Å². The quantitative estimate of drug-likeness (QED) is 0.869. The highest BCUT2D eigenvalue weighted by Gasteiger charge is 2.36. The van der Waals surface area contributed by atoms with Gasteiger partial charge in [-0.15, -0.1) is 0 Å². The van der Waals surface area contributed by atoms with Gasteiger partial charge in [-0.1, -0.05) is 18.2 Å². The molecule has 7 heteroatoms. The Kier molecular flexibility index (Phi) is 4.41. The number of aromatic nitrogens is 2. The number of hydrogen-bond donors (Lipinski definition) is 0. The monoisotopic (exact) mass is 325 g/mol. The molecule has 2 heterocycles. The van der Waals surface area contributed by atoms with E-state index >= 15 is 0 Å². The molecule has 0 amide bonds. The molecule has 0 unspecified atom stereocenters. The molecule has 0 saturated carbocycles. The van der Waals surface area contributed by atoms with Crippen molar-refractivity contribution in [1.29, 1.82) is 0 Å². The molecule has 124 valence electrons. The molecule has 4 nitrogen and oxygen atoms in total. The highest BCUT2D eigenvalue weighted by atomic mass is 19.4. The topological polar surface area (TPSA) is 30.3 Å². The van der Waals surface area contributed by atoms with E-state index in [1.54, 1.807) is 16.9 Å². The average molecular weight is 325 g/mol. The first-order valence-corrected chi connectivity index (χ1v) is 7.41. The van der Waals surface area contributed by atoms with Gasteiger partial charge in [0, 0.05) is 38.4 Å². The summed E-state index contributed by atoms with van der Waals surface area (Å²) < 4.78 is 46.8. The van der Waals surface area contributed by atoms with Crippen LogP contribution in [0.1, 0.15) is 22.8 Å². The number of hydrogen-bond acceptors (Lipinski definition) is 3. The van der Waals surface area contributed by atoms with E-state index in [1.165, 1.54) is 12.1 Å². The lowest BCUT2D eigenvalue weighted by atomic mass is 10.0. The summed E-state index contributed by atoms with van der Waals surface area (Å²) in [6.07, 6.45) is -1.26. The molecule has 0 aliphatic carbocycles. The van der Waals surface area contributed by atoms with Crippen LogP contribution in [-0.4, -0.2) is 34.4 Å². The van der Waals surface area contributed by atoms with E-state index < -0.39 is 17.8 Å². The van der Waals surface area contributed by atoms with Gasteiger partial charge in [-0.2, -0.15) is 18.3 Å². The smallest absolute Gasteiger partial charge is 0.371 e. The Morgan fingerprint density at radius 1 is 1.30 bits per heavy atom. The summed E-state index contributed by atoms with van der Waals surface area (Å²) in [6.45, 7) is 2.20. The van der Waals surface area contributed by atoms with Crippen molar-refractivity contribution in [2.45, 2.75) is 18.8 Å². The molecule has 1 aromatic carbocycles. The van der Waals surface area contributed by atoms with Crippen LogP contribution < -0.4 is 0 Å². The highest BCUT2D eigenvalue weighted by molar-refractivity contribution is 5.32. The summed E-state index contributed by atoms with van der Waals surface area (Å²) in [7, 11) is 1.84. The van der Waals surface area contributed by atoms with Crippen LogP contribution in [0, 0.1) is 0 Å². The Morgan fingerprint density at radius 2 is 2.09 bits per heavy atom. The third-order valence-electron chi connectivity index (χ3n) is 3.93. The van der Waals surface area contributed by atoms with Gasteiger partial charge in [0.1, 0.15) is 0 Å². The van der Waals surface area contributed by atoms with Crippen LogP contribution in [0.15, 0.2) is 36.7 Å². The van der Waals surface area contributed by atoms with Crippen molar-refractivity contribution >= 4 is 0 Å². The Labute approximate surface area is 132 Å². The van der Waals surface area contributed by atoms with Crippen LogP contribution in [-0.2, 0) is 24.5 Å². The summed E-state index contributed by atoms with van der Waals surface area (Å²) in [6, 6.07) is 5.64. The maximum absolute atomic E-state index is 13.2. The van der Waals surface area contributed by atoms with E-state index in [1.807, 2.05) is 13.2 Å². The Bertz CT molecular complexity index is 669. The van der Waals surface area contributed by atoms with Crippen LogP contribution in [0.2, 0.25) is 0 Å². The van der Waals surface area contributed by atoms with E-state index in [2.05, 4.69) is 10.00 Å². The van der Waals surface area contributed by atoms with E-state index in [-0.39, 0.29) is 5.56 Å². The fourth-order valence-electron chi connectivity index (χ4n) is 2.88. The van der Waals surface area contributed by atoms with Gasteiger partial charge < -0.3 is 4.74 Å². The van der Waals surface area contributed by atoms with Crippen molar-refractivity contribution in [1.82, 2.24) is 14.7 Å². The second kappa shape index (κ2) is 6.33. The first kappa shape index (κ1) is 16.0. The summed E-state index contributed by atoms with van der Waals surface area (Å²) in [5.41, 5.74) is 0.626. The van der Waals surface area contributed by atoms with Crippen LogP contribution in [0.25, 0.3) is 0 Å². The van der Waals surface area contributed by atoms with Crippen molar-refractivity contribution in [2.24, 2.45) is 7.05 Å². The summed E-state index contributed by atoms with van der Waals surface area (Å²) in [4.78, 5) is 2.10. The first-order valence-electron chi connectivity index (χ1n) is 7.41. The summed E-state index contributed by atoms with van der Waals surface area (Å²) >= 11 is 0. The largest absolute Gasteiger partial charge is 0.416 e. The van der Waals surface area contributed by atoms with E-state index in [9.17, 15) is 13.2 Å². The lowest BCUT2D eigenvalue weighted by molar-refractivity contribution is -0.140. The molecule has 1 atom stereocenters. The SMILES string of the molecule is Cn1cc(CN2CCO[C@@H](c3ccccc3C(F)(F)F)C2)cn1. The zero-order chi connectivity index (χ0) is 16.4. The number of aryl methyl sites for hydroxylation is 1. The van der Waals surface area contributed by atoms with Crippen LogP contribution >= 0.6 is 0 Å². The molecule has 0 N–H and O–H groups in total. The molecular formula is C16H18F3N3O. The fourth-order valence-corrected chi connectivity index (χ4v) is 2.88. The number of ether oxygens (including phenoxy) is 1. The molecule has 0 spiro atoms. The van der Waals surface area contributed by atoms with E-state index in [0.29, 0.717) is 26.2 Å². The fraction of sp³-hybridized carbons (Fsp3) is 0.438. The summed E-state index contributed by atoms with van der Waals surface area (Å²) in [5.74, 6) is 0. The van der Waals surface area contributed by atoms with Crippen LogP contribution in [0.5, 0.6) is 0 Å². The van der Waals surface area contributed by atoms with Crippen molar-refractivity contribution in [3.8, 4) is 0 Å². The van der Waals surface area contributed by atoms with Crippen LogP contribution in [0.3, 0.4) is 0 Å². The minimum Gasteiger partial charge on any atom is -0.371 e. The van der Waals surface area contributed by atoms with Crippen LogP contribution in [0.4, 0.5) is 13.2 Å². The van der Waals surface area contributed by atoms with Gasteiger partial charge in [0.15, 0.2) is 0 Å². The molecule has 1 aliphatic rings. The number of halogens is 3. The Hall–Kier alpha value is -1.86. The number of morpholine rings is 1. The zero-order valence-corrected chi connectivity index (χ0v) is 12.8. The number of benzene rings is 1. The Morgan fingerprint density at radius 3 is 2.78 bits per heavy atom. The van der Waals surface area contributed by atoms with Gasteiger partial charge in [0.2, 0.25) is 0 Å². The number of rotatable bonds is 3. The van der Waals surface area contributed by atoms with Gasteiger partial charge in [-0.3, -0.25) is 9.58 Å². The molecule has 1 aromatic heterocycles. The molecule has 1 saturated heterocycles. The molecule has 0 bridgehead atoms. The predicted molar refractivity (Wildman–Crippen MR) is 78.6 cm³/mol. The molecule has 1 fully saturated rings. The minimum absolute atomic E-state index is 0.205. The van der Waals surface area contributed by atoms with Crippen molar-refractivity contribution in [2.75, 3.05) is 19.7 Å². The lowest BCUT2D eigenvalue weighted by Crippen LogP contribution is -2.38. The maximum Gasteiger partial charge on any atom is 0.416 e. The number of nitrogens with zero attached hydrogens (tertiary/aromatic N) is 3. The standard InChI is InChI=1S/C16H18F3N3O/c1-21-9-12(8-20-21)10-22-6-7-23-15(11-22)13-4-2-3-5-14(13)16(17,18)19/h2-5,8-9,15H,6-7,10-11H2,1H3/t15-/m1/s1. The second-order valence-electron chi connectivity index (χ2n) is 5.70. The van der Waals surface area contributed by atoms with Gasteiger partial charge in [-0.05, 0) is 11.6 Å². The Balaban J connectivity index is 1.76. The van der Waals surface area contributed by atoms with Crippen molar-refractivity contribution in [3.63, 3.8) is 0 Å². The van der Waals surface area contributed by atoms with Gasteiger partial charge >= 0.3 is 6.18 Å².